The van der Waals surface area contributed by atoms with Crippen molar-refractivity contribution >= 4 is 0 Å². The number of nitrogens with zero attached hydrogens (tertiary/aromatic N) is 1. The summed E-state index contributed by atoms with van der Waals surface area (Å²) < 4.78 is 0. The minimum atomic E-state index is 0.263. The van der Waals surface area contributed by atoms with E-state index in [1.54, 1.807) is 0 Å². The molecule has 0 radical (unpaired) electrons. The molecule has 1 aliphatic heterocycles. The first-order chi connectivity index (χ1) is 7.40. The second-order valence-corrected chi connectivity index (χ2v) is 6.40. The first kappa shape index (κ1) is 14.0. The lowest BCUT2D eigenvalue weighted by Gasteiger charge is -2.39. The molecule has 1 saturated heterocycles. The van der Waals surface area contributed by atoms with Crippen LogP contribution >= 0.6 is 0 Å². The SMILES string of the molecule is C[C@@H]1CCC[C@H](C)N1CCCNC(C)(C)C. The Morgan fingerprint density at radius 2 is 1.69 bits per heavy atom. The highest BCUT2D eigenvalue weighted by molar-refractivity contribution is 4.80. The molecule has 0 unspecified atom stereocenters. The Labute approximate surface area is 102 Å². The van der Waals surface area contributed by atoms with Gasteiger partial charge in [-0.1, -0.05) is 6.42 Å². The molecule has 1 rings (SSSR count). The van der Waals surface area contributed by atoms with Crippen molar-refractivity contribution in [3.63, 3.8) is 0 Å². The molecule has 0 aromatic heterocycles. The van der Waals surface area contributed by atoms with Crippen molar-refractivity contribution in [2.24, 2.45) is 0 Å². The fourth-order valence-corrected chi connectivity index (χ4v) is 2.64. The molecule has 2 nitrogen and oxygen atoms in total. The Morgan fingerprint density at radius 3 is 2.19 bits per heavy atom. The van der Waals surface area contributed by atoms with Gasteiger partial charge in [0, 0.05) is 17.6 Å². The molecule has 96 valence electrons. The molecule has 16 heavy (non-hydrogen) atoms. The van der Waals surface area contributed by atoms with E-state index in [9.17, 15) is 0 Å². The number of likely N-dealkylation sites (tertiary alicyclic amines) is 1. The number of piperidine rings is 1. The van der Waals surface area contributed by atoms with E-state index < -0.39 is 0 Å². The van der Waals surface area contributed by atoms with E-state index in [1.165, 1.54) is 32.2 Å². The molecular weight excluding hydrogens is 196 g/mol. The summed E-state index contributed by atoms with van der Waals surface area (Å²) in [6.07, 6.45) is 5.46. The molecule has 1 fully saturated rings. The van der Waals surface area contributed by atoms with Gasteiger partial charge >= 0.3 is 0 Å². The topological polar surface area (TPSA) is 15.3 Å². The minimum Gasteiger partial charge on any atom is -0.312 e. The molecule has 0 bridgehead atoms. The monoisotopic (exact) mass is 226 g/mol. The third-order valence-electron chi connectivity index (χ3n) is 3.62. The van der Waals surface area contributed by atoms with Crippen molar-refractivity contribution < 1.29 is 0 Å². The van der Waals surface area contributed by atoms with Crippen molar-refractivity contribution in [3.05, 3.63) is 0 Å². The molecule has 0 amide bonds. The highest BCUT2D eigenvalue weighted by Crippen LogP contribution is 2.22. The molecule has 2 atom stereocenters. The molecule has 1 N–H and O–H groups in total. The van der Waals surface area contributed by atoms with Crippen LogP contribution in [0.5, 0.6) is 0 Å². The Bertz CT molecular complexity index is 185. The maximum absolute atomic E-state index is 3.56. The van der Waals surface area contributed by atoms with Crippen molar-refractivity contribution in [1.29, 1.82) is 0 Å². The van der Waals surface area contributed by atoms with Gasteiger partial charge in [0.1, 0.15) is 0 Å². The zero-order valence-corrected chi connectivity index (χ0v) is 11.8. The Balaban J connectivity index is 2.20. The average Bonchev–Trinajstić information content (AvgIpc) is 2.14. The van der Waals surface area contributed by atoms with E-state index in [4.69, 9.17) is 0 Å². The van der Waals surface area contributed by atoms with Crippen molar-refractivity contribution in [1.82, 2.24) is 10.2 Å². The van der Waals surface area contributed by atoms with Crippen LogP contribution in [0.2, 0.25) is 0 Å². The van der Waals surface area contributed by atoms with E-state index in [2.05, 4.69) is 44.8 Å². The highest BCUT2D eigenvalue weighted by atomic mass is 15.2. The summed E-state index contributed by atoms with van der Waals surface area (Å²) in [6.45, 7) is 13.9. The molecule has 1 heterocycles. The fourth-order valence-electron chi connectivity index (χ4n) is 2.64. The summed E-state index contributed by atoms with van der Waals surface area (Å²) in [4.78, 5) is 2.69. The van der Waals surface area contributed by atoms with Gasteiger partial charge < -0.3 is 5.32 Å². The number of nitrogens with one attached hydrogen (secondary N) is 1. The number of hydrogen-bond acceptors (Lipinski definition) is 2. The molecule has 2 heteroatoms. The van der Waals surface area contributed by atoms with Crippen molar-refractivity contribution in [3.8, 4) is 0 Å². The lowest BCUT2D eigenvalue weighted by Crippen LogP contribution is -2.45. The maximum Gasteiger partial charge on any atom is 0.00965 e. The zero-order valence-electron chi connectivity index (χ0n) is 11.8. The standard InChI is InChI=1S/C14H30N2/c1-12-8-6-9-13(2)16(12)11-7-10-15-14(3,4)5/h12-13,15H,6-11H2,1-5H3/t12-,13+. The van der Waals surface area contributed by atoms with Crippen LogP contribution in [0.1, 0.15) is 60.3 Å². The summed E-state index contributed by atoms with van der Waals surface area (Å²) >= 11 is 0. The summed E-state index contributed by atoms with van der Waals surface area (Å²) in [7, 11) is 0. The summed E-state index contributed by atoms with van der Waals surface area (Å²) in [5, 5.41) is 3.56. The van der Waals surface area contributed by atoms with Crippen LogP contribution in [0.4, 0.5) is 0 Å². The summed E-state index contributed by atoms with van der Waals surface area (Å²) in [6, 6.07) is 1.58. The van der Waals surface area contributed by atoms with Gasteiger partial charge in [0.15, 0.2) is 0 Å². The molecule has 0 aromatic carbocycles. The van der Waals surface area contributed by atoms with Crippen LogP contribution in [0.15, 0.2) is 0 Å². The maximum atomic E-state index is 3.56. The van der Waals surface area contributed by atoms with Gasteiger partial charge in [-0.25, -0.2) is 0 Å². The lowest BCUT2D eigenvalue weighted by molar-refractivity contribution is 0.101. The van der Waals surface area contributed by atoms with Crippen LogP contribution in [-0.2, 0) is 0 Å². The van der Waals surface area contributed by atoms with Crippen LogP contribution in [-0.4, -0.2) is 35.6 Å². The number of hydrogen-bond donors (Lipinski definition) is 1. The molecule has 0 aliphatic carbocycles. The van der Waals surface area contributed by atoms with Crippen molar-refractivity contribution in [2.75, 3.05) is 13.1 Å². The van der Waals surface area contributed by atoms with E-state index in [0.717, 1.165) is 18.6 Å². The predicted octanol–water partition coefficient (Wildman–Crippen LogP) is 3.03. The molecule has 0 spiro atoms. The summed E-state index contributed by atoms with van der Waals surface area (Å²) in [5.74, 6) is 0. The Morgan fingerprint density at radius 1 is 1.12 bits per heavy atom. The average molecular weight is 226 g/mol. The lowest BCUT2D eigenvalue weighted by atomic mass is 9.97. The number of rotatable bonds is 4. The first-order valence-corrected chi connectivity index (χ1v) is 6.91. The summed E-state index contributed by atoms with van der Waals surface area (Å²) in [5.41, 5.74) is 0.263. The van der Waals surface area contributed by atoms with E-state index in [0.29, 0.717) is 0 Å². The highest BCUT2D eigenvalue weighted by Gasteiger charge is 2.23. The van der Waals surface area contributed by atoms with Crippen molar-refractivity contribution in [2.45, 2.75) is 77.9 Å². The Hall–Kier alpha value is -0.0800. The quantitative estimate of drug-likeness (QED) is 0.741. The second-order valence-electron chi connectivity index (χ2n) is 6.40. The van der Waals surface area contributed by atoms with Gasteiger partial charge in [0.25, 0.3) is 0 Å². The largest absolute Gasteiger partial charge is 0.312 e. The molecular formula is C14H30N2. The van der Waals surface area contributed by atoms with Crippen LogP contribution in [0, 0.1) is 0 Å². The smallest absolute Gasteiger partial charge is 0.00965 e. The first-order valence-electron chi connectivity index (χ1n) is 6.91. The van der Waals surface area contributed by atoms with Gasteiger partial charge in [-0.05, 0) is 67.0 Å². The van der Waals surface area contributed by atoms with Gasteiger partial charge in [0.2, 0.25) is 0 Å². The fraction of sp³-hybridized carbons (Fsp3) is 1.00. The van der Waals surface area contributed by atoms with Gasteiger partial charge in [0.05, 0.1) is 0 Å². The molecule has 0 saturated carbocycles. The van der Waals surface area contributed by atoms with Gasteiger partial charge in [-0.15, -0.1) is 0 Å². The normalized spacial score (nSPS) is 28.3. The van der Waals surface area contributed by atoms with Crippen LogP contribution in [0.25, 0.3) is 0 Å². The Kier molecular flexibility index (Phi) is 5.26. The van der Waals surface area contributed by atoms with Crippen LogP contribution < -0.4 is 5.32 Å². The van der Waals surface area contributed by atoms with Crippen LogP contribution in [0.3, 0.4) is 0 Å². The van der Waals surface area contributed by atoms with E-state index in [1.807, 2.05) is 0 Å². The van der Waals surface area contributed by atoms with E-state index in [-0.39, 0.29) is 5.54 Å². The predicted molar refractivity (Wildman–Crippen MR) is 71.9 cm³/mol. The van der Waals surface area contributed by atoms with Gasteiger partial charge in [-0.3, -0.25) is 4.90 Å². The third kappa shape index (κ3) is 4.84. The zero-order chi connectivity index (χ0) is 12.2. The molecule has 0 aromatic rings. The van der Waals surface area contributed by atoms with E-state index >= 15 is 0 Å². The molecule has 1 aliphatic rings. The van der Waals surface area contributed by atoms with Gasteiger partial charge in [-0.2, -0.15) is 0 Å². The third-order valence-corrected chi connectivity index (χ3v) is 3.62. The minimum absolute atomic E-state index is 0.263. The second kappa shape index (κ2) is 6.02.